The van der Waals surface area contributed by atoms with Crippen LogP contribution in [0.4, 0.5) is 5.82 Å². The van der Waals surface area contributed by atoms with E-state index in [0.717, 1.165) is 28.0 Å². The van der Waals surface area contributed by atoms with Gasteiger partial charge in [0, 0.05) is 31.1 Å². The second-order valence-electron chi connectivity index (χ2n) is 7.54. The average molecular weight is 375 g/mol. The number of carbonyl (C=O) groups excluding carboxylic acids is 1. The molecule has 2 heterocycles. The number of rotatable bonds is 4. The third-order valence-corrected chi connectivity index (χ3v) is 5.25. The Balaban J connectivity index is 1.70. The van der Waals surface area contributed by atoms with Crippen LogP contribution < -0.4 is 5.32 Å². The fraction of sp³-hybridized carbons (Fsp3) is 0.364. The van der Waals surface area contributed by atoms with Crippen molar-refractivity contribution >= 4 is 22.6 Å². The fourth-order valence-corrected chi connectivity index (χ4v) is 3.71. The average Bonchev–Trinajstić information content (AvgIpc) is 2.74. The van der Waals surface area contributed by atoms with Crippen LogP contribution in [-0.2, 0) is 0 Å². The molecule has 0 bridgehead atoms. The van der Waals surface area contributed by atoms with Crippen molar-refractivity contribution in [1.29, 1.82) is 0 Å². The first-order valence-electron chi connectivity index (χ1n) is 9.82. The van der Waals surface area contributed by atoms with Gasteiger partial charge in [0.2, 0.25) is 0 Å². The van der Waals surface area contributed by atoms with E-state index in [-0.39, 0.29) is 5.91 Å². The van der Waals surface area contributed by atoms with Gasteiger partial charge in [-0.05, 0) is 37.1 Å². The molecule has 1 saturated carbocycles. The van der Waals surface area contributed by atoms with E-state index >= 15 is 0 Å². The van der Waals surface area contributed by atoms with Gasteiger partial charge in [0.15, 0.2) is 0 Å². The molecule has 3 aromatic rings. The molecule has 0 saturated heterocycles. The smallest absolute Gasteiger partial charge is 0.271 e. The Labute approximate surface area is 165 Å². The summed E-state index contributed by atoms with van der Waals surface area (Å²) in [6.07, 6.45) is 7.83. The van der Waals surface area contributed by atoms with E-state index in [1.165, 1.54) is 37.0 Å². The van der Waals surface area contributed by atoms with Crippen molar-refractivity contribution < 1.29 is 4.79 Å². The predicted octanol–water partition coefficient (Wildman–Crippen LogP) is 4.14. The number of nitrogens with one attached hydrogen (secondary N) is 1. The molecule has 0 unspecified atom stereocenters. The lowest BCUT2D eigenvalue weighted by Gasteiger charge is -2.23. The summed E-state index contributed by atoms with van der Waals surface area (Å²) in [4.78, 5) is 27.3. The topological polar surface area (TPSA) is 71.0 Å². The molecule has 0 atom stereocenters. The van der Waals surface area contributed by atoms with Crippen LogP contribution in [0.2, 0.25) is 0 Å². The third kappa shape index (κ3) is 3.81. The maximum Gasteiger partial charge on any atom is 0.271 e. The minimum atomic E-state index is -0.106. The Morgan fingerprint density at radius 1 is 1.07 bits per heavy atom. The molecule has 0 aliphatic heterocycles. The Hall–Kier alpha value is -3.02. The maximum atomic E-state index is 12.2. The van der Waals surface area contributed by atoms with Crippen molar-refractivity contribution in [2.24, 2.45) is 0 Å². The molecule has 0 radical (unpaired) electrons. The maximum absolute atomic E-state index is 12.2. The number of hydrogen-bond donors (Lipinski definition) is 1. The van der Waals surface area contributed by atoms with Crippen molar-refractivity contribution in [1.82, 2.24) is 19.9 Å². The van der Waals surface area contributed by atoms with E-state index in [9.17, 15) is 4.79 Å². The number of nitrogens with zero attached hydrogens (tertiary/aromatic N) is 4. The highest BCUT2D eigenvalue weighted by molar-refractivity contribution is 5.94. The fourth-order valence-electron chi connectivity index (χ4n) is 3.71. The van der Waals surface area contributed by atoms with E-state index < -0.39 is 0 Å². The van der Waals surface area contributed by atoms with Crippen LogP contribution in [0.25, 0.3) is 22.2 Å². The zero-order chi connectivity index (χ0) is 19.5. The summed E-state index contributed by atoms with van der Waals surface area (Å²) in [5.74, 6) is 0.768. The summed E-state index contributed by atoms with van der Waals surface area (Å²) in [7, 11) is 3.46. The molecular weight excluding hydrogens is 350 g/mol. The largest absolute Gasteiger partial charge is 0.367 e. The quantitative estimate of drug-likeness (QED) is 0.742. The monoisotopic (exact) mass is 375 g/mol. The van der Waals surface area contributed by atoms with Crippen molar-refractivity contribution in [3.63, 3.8) is 0 Å². The lowest BCUT2D eigenvalue weighted by Crippen LogP contribution is -2.23. The van der Waals surface area contributed by atoms with Crippen molar-refractivity contribution in [2.75, 3.05) is 19.4 Å². The summed E-state index contributed by atoms with van der Waals surface area (Å²) in [5, 5.41) is 4.60. The first kappa shape index (κ1) is 18.3. The van der Waals surface area contributed by atoms with E-state index in [1.54, 1.807) is 26.5 Å². The van der Waals surface area contributed by atoms with Gasteiger partial charge in [0.1, 0.15) is 17.8 Å². The molecule has 4 rings (SSSR count). The molecule has 6 nitrogen and oxygen atoms in total. The number of pyridine rings is 1. The van der Waals surface area contributed by atoms with Gasteiger partial charge in [-0.1, -0.05) is 31.4 Å². The molecule has 0 spiro atoms. The van der Waals surface area contributed by atoms with E-state index in [4.69, 9.17) is 0 Å². The van der Waals surface area contributed by atoms with Crippen LogP contribution in [0.5, 0.6) is 0 Å². The number of hydrogen-bond acceptors (Lipinski definition) is 5. The van der Waals surface area contributed by atoms with Gasteiger partial charge in [-0.3, -0.25) is 4.79 Å². The predicted molar refractivity (Wildman–Crippen MR) is 111 cm³/mol. The summed E-state index contributed by atoms with van der Waals surface area (Å²) in [5.41, 5.74) is 3.05. The third-order valence-electron chi connectivity index (χ3n) is 5.25. The Kier molecular flexibility index (Phi) is 5.19. The highest BCUT2D eigenvalue weighted by atomic mass is 16.2. The molecule has 1 fully saturated rings. The summed E-state index contributed by atoms with van der Waals surface area (Å²) in [6.45, 7) is 0. The number of aromatic nitrogens is 3. The lowest BCUT2D eigenvalue weighted by molar-refractivity contribution is 0.0822. The van der Waals surface area contributed by atoms with Crippen LogP contribution in [0.3, 0.4) is 0 Å². The van der Waals surface area contributed by atoms with Crippen molar-refractivity contribution in [3.8, 4) is 11.3 Å². The second kappa shape index (κ2) is 7.92. The molecule has 1 N–H and O–H groups in total. The number of benzene rings is 1. The van der Waals surface area contributed by atoms with Crippen molar-refractivity contribution in [2.45, 2.75) is 38.1 Å². The van der Waals surface area contributed by atoms with Gasteiger partial charge < -0.3 is 10.2 Å². The van der Waals surface area contributed by atoms with Crippen LogP contribution in [0.15, 0.2) is 42.7 Å². The molecule has 144 valence electrons. The molecule has 1 amide bonds. The SMILES string of the molecule is CN(C)C(=O)c1cccc(-c2ccc3ncnc(NC4CCCCC4)c3c2)n1. The first-order valence-corrected chi connectivity index (χ1v) is 9.82. The molecular formula is C22H25N5O. The first-order chi connectivity index (χ1) is 13.6. The zero-order valence-corrected chi connectivity index (χ0v) is 16.4. The molecule has 28 heavy (non-hydrogen) atoms. The molecule has 1 aliphatic rings. The highest BCUT2D eigenvalue weighted by Gasteiger charge is 2.16. The minimum absolute atomic E-state index is 0.106. The van der Waals surface area contributed by atoms with Crippen LogP contribution in [0, 0.1) is 0 Å². The molecule has 2 aromatic heterocycles. The molecule has 1 aromatic carbocycles. The van der Waals surface area contributed by atoms with Gasteiger partial charge in [-0.15, -0.1) is 0 Å². The van der Waals surface area contributed by atoms with Gasteiger partial charge in [-0.25, -0.2) is 15.0 Å². The zero-order valence-electron chi connectivity index (χ0n) is 16.4. The molecule has 1 aliphatic carbocycles. The standard InChI is InChI=1S/C22H25N5O/c1-27(2)22(28)20-10-6-9-18(26-20)15-11-12-19-17(13-15)21(24-14-23-19)25-16-7-4-3-5-8-16/h6,9-14,16H,3-5,7-8H2,1-2H3,(H,23,24,25). The Bertz CT molecular complexity index is 995. The van der Waals surface area contributed by atoms with Gasteiger partial charge in [0.25, 0.3) is 5.91 Å². The highest BCUT2D eigenvalue weighted by Crippen LogP contribution is 2.28. The summed E-state index contributed by atoms with van der Waals surface area (Å²) >= 11 is 0. The number of carbonyl (C=O) groups is 1. The van der Waals surface area contributed by atoms with Crippen LogP contribution in [0.1, 0.15) is 42.6 Å². The van der Waals surface area contributed by atoms with Gasteiger partial charge >= 0.3 is 0 Å². The molecule has 6 heteroatoms. The van der Waals surface area contributed by atoms with E-state index in [0.29, 0.717) is 11.7 Å². The Morgan fingerprint density at radius 3 is 2.68 bits per heavy atom. The van der Waals surface area contributed by atoms with E-state index in [2.05, 4.69) is 26.3 Å². The number of amides is 1. The normalized spacial score (nSPS) is 14.8. The Morgan fingerprint density at radius 2 is 1.89 bits per heavy atom. The van der Waals surface area contributed by atoms with Crippen LogP contribution in [-0.4, -0.2) is 45.9 Å². The van der Waals surface area contributed by atoms with Crippen LogP contribution >= 0.6 is 0 Å². The summed E-state index contributed by atoms with van der Waals surface area (Å²) < 4.78 is 0. The van der Waals surface area contributed by atoms with Gasteiger partial charge in [0.05, 0.1) is 11.2 Å². The van der Waals surface area contributed by atoms with E-state index in [1.807, 2.05) is 24.3 Å². The number of anilines is 1. The number of fused-ring (bicyclic) bond motifs is 1. The second-order valence-corrected chi connectivity index (χ2v) is 7.54. The van der Waals surface area contributed by atoms with Gasteiger partial charge in [-0.2, -0.15) is 0 Å². The lowest BCUT2D eigenvalue weighted by atomic mass is 9.95. The summed E-state index contributed by atoms with van der Waals surface area (Å²) in [6, 6.07) is 12.0. The minimum Gasteiger partial charge on any atom is -0.367 e. The van der Waals surface area contributed by atoms with Crippen molar-refractivity contribution in [3.05, 3.63) is 48.4 Å².